The summed E-state index contributed by atoms with van der Waals surface area (Å²) < 4.78 is 0. The van der Waals surface area contributed by atoms with E-state index in [1.54, 1.807) is 6.08 Å². The fourth-order valence-corrected chi connectivity index (χ4v) is 1.69. The van der Waals surface area contributed by atoms with Crippen molar-refractivity contribution in [1.82, 2.24) is 10.9 Å². The van der Waals surface area contributed by atoms with Crippen LogP contribution in [0.4, 0.5) is 0 Å². The highest BCUT2D eigenvalue weighted by molar-refractivity contribution is 5.32. The molecule has 0 unspecified atom stereocenters. The van der Waals surface area contributed by atoms with Gasteiger partial charge in [0.1, 0.15) is 0 Å². The maximum absolute atomic E-state index is 9.81. The van der Waals surface area contributed by atoms with E-state index in [0.717, 1.165) is 45.3 Å². The van der Waals surface area contributed by atoms with Crippen LogP contribution in [-0.2, 0) is 4.79 Å². The molecule has 0 rings (SSSR count). The predicted octanol–water partition coefficient (Wildman–Crippen LogP) is 1.50. The van der Waals surface area contributed by atoms with Gasteiger partial charge < -0.3 is 5.73 Å². The fraction of sp³-hybridized carbons (Fsp3) is 0.923. The zero-order chi connectivity index (χ0) is 13.3. The number of nitrogens with two attached hydrogens (primary N) is 1. The predicted molar refractivity (Wildman–Crippen MR) is 75.0 cm³/mol. The summed E-state index contributed by atoms with van der Waals surface area (Å²) in [6.45, 7) is 3.46. The molecule has 0 radical (unpaired) electrons. The SMILES string of the molecule is NCCCCCCNNCCCCCCN=C=O. The zero-order valence-corrected chi connectivity index (χ0v) is 11.4. The summed E-state index contributed by atoms with van der Waals surface area (Å²) in [5.74, 6) is 0. The minimum absolute atomic E-state index is 0.623. The van der Waals surface area contributed by atoms with Crippen LogP contribution in [-0.4, -0.2) is 32.3 Å². The highest BCUT2D eigenvalue weighted by Crippen LogP contribution is 1.98. The third-order valence-corrected chi connectivity index (χ3v) is 2.77. The molecule has 0 fully saturated rings. The molecule has 0 saturated carbocycles. The lowest BCUT2D eigenvalue weighted by Crippen LogP contribution is -2.33. The summed E-state index contributed by atoms with van der Waals surface area (Å²) in [4.78, 5) is 13.3. The Balaban J connectivity index is 2.92. The number of carbonyl (C=O) groups excluding carboxylic acids is 1. The first-order valence-corrected chi connectivity index (χ1v) is 7.11. The second kappa shape index (κ2) is 16.3. The van der Waals surface area contributed by atoms with Crippen molar-refractivity contribution in [2.75, 3.05) is 26.2 Å². The molecule has 0 aromatic heterocycles. The number of hydrogen-bond donors (Lipinski definition) is 3. The molecule has 106 valence electrons. The third kappa shape index (κ3) is 15.3. The molecule has 0 saturated heterocycles. The van der Waals surface area contributed by atoms with E-state index in [1.807, 2.05) is 0 Å². The summed E-state index contributed by atoms with van der Waals surface area (Å²) >= 11 is 0. The Morgan fingerprint density at radius 2 is 1.39 bits per heavy atom. The van der Waals surface area contributed by atoms with E-state index in [9.17, 15) is 4.79 Å². The third-order valence-electron chi connectivity index (χ3n) is 2.77. The van der Waals surface area contributed by atoms with Crippen molar-refractivity contribution in [1.29, 1.82) is 0 Å². The van der Waals surface area contributed by atoms with E-state index in [0.29, 0.717) is 6.54 Å². The van der Waals surface area contributed by atoms with E-state index in [2.05, 4.69) is 15.8 Å². The number of nitrogens with one attached hydrogen (secondary N) is 2. The smallest absolute Gasteiger partial charge is 0.234 e. The van der Waals surface area contributed by atoms with Crippen LogP contribution in [0.5, 0.6) is 0 Å². The lowest BCUT2D eigenvalue weighted by Gasteiger charge is -2.06. The molecule has 5 nitrogen and oxygen atoms in total. The van der Waals surface area contributed by atoms with Gasteiger partial charge in [-0.15, -0.1) is 0 Å². The monoisotopic (exact) mass is 256 g/mol. The van der Waals surface area contributed by atoms with Crippen LogP contribution in [0.2, 0.25) is 0 Å². The van der Waals surface area contributed by atoms with Crippen molar-refractivity contribution >= 4 is 6.08 Å². The second-order valence-electron chi connectivity index (χ2n) is 4.44. The van der Waals surface area contributed by atoms with Crippen LogP contribution in [0.25, 0.3) is 0 Å². The molecule has 0 atom stereocenters. The lowest BCUT2D eigenvalue weighted by molar-refractivity contribution is 0.485. The standard InChI is InChI=1S/C13H28N4O/c14-9-5-1-2-7-11-16-17-12-8-4-3-6-10-15-13-18/h16-17H,1-12,14H2. The van der Waals surface area contributed by atoms with Gasteiger partial charge in [-0.05, 0) is 32.2 Å². The van der Waals surface area contributed by atoms with Gasteiger partial charge in [0.25, 0.3) is 0 Å². The van der Waals surface area contributed by atoms with Crippen LogP contribution < -0.4 is 16.6 Å². The highest BCUT2D eigenvalue weighted by Gasteiger charge is 1.91. The summed E-state index contributed by atoms with van der Waals surface area (Å²) in [6, 6.07) is 0. The normalized spacial score (nSPS) is 10.3. The van der Waals surface area contributed by atoms with Gasteiger partial charge in [0.2, 0.25) is 6.08 Å². The van der Waals surface area contributed by atoms with Gasteiger partial charge in [0.05, 0.1) is 6.54 Å². The molecule has 0 spiro atoms. The average molecular weight is 256 g/mol. The van der Waals surface area contributed by atoms with Gasteiger partial charge in [-0.3, -0.25) is 10.9 Å². The molecular weight excluding hydrogens is 228 g/mol. The van der Waals surface area contributed by atoms with E-state index in [1.165, 1.54) is 25.7 Å². The maximum Gasteiger partial charge on any atom is 0.234 e. The molecule has 0 bridgehead atoms. The summed E-state index contributed by atoms with van der Waals surface area (Å²) in [5, 5.41) is 0. The van der Waals surface area contributed by atoms with Gasteiger partial charge >= 0.3 is 0 Å². The van der Waals surface area contributed by atoms with Gasteiger partial charge in [-0.25, -0.2) is 9.79 Å². The molecule has 0 aromatic carbocycles. The number of hydrazine groups is 1. The molecule has 0 amide bonds. The lowest BCUT2D eigenvalue weighted by atomic mass is 10.2. The minimum Gasteiger partial charge on any atom is -0.330 e. The number of rotatable bonds is 14. The average Bonchev–Trinajstić information content (AvgIpc) is 2.39. The van der Waals surface area contributed by atoms with Crippen LogP contribution in [0.1, 0.15) is 51.4 Å². The molecule has 0 aliphatic heterocycles. The Bertz CT molecular complexity index is 205. The Morgan fingerprint density at radius 1 is 0.833 bits per heavy atom. The highest BCUT2D eigenvalue weighted by atomic mass is 16.1. The van der Waals surface area contributed by atoms with Gasteiger partial charge in [-0.1, -0.05) is 25.7 Å². The van der Waals surface area contributed by atoms with Crippen molar-refractivity contribution in [3.05, 3.63) is 0 Å². The van der Waals surface area contributed by atoms with Crippen LogP contribution >= 0.6 is 0 Å². The number of nitrogens with zero attached hydrogens (tertiary/aromatic N) is 1. The Hall–Kier alpha value is -0.740. The first-order valence-electron chi connectivity index (χ1n) is 7.11. The maximum atomic E-state index is 9.81. The molecule has 0 aliphatic carbocycles. The molecule has 4 N–H and O–H groups in total. The van der Waals surface area contributed by atoms with Gasteiger partial charge in [0, 0.05) is 13.1 Å². The van der Waals surface area contributed by atoms with Crippen molar-refractivity contribution in [3.8, 4) is 0 Å². The number of aliphatic imine (C=N–C) groups is 1. The second-order valence-corrected chi connectivity index (χ2v) is 4.44. The largest absolute Gasteiger partial charge is 0.330 e. The van der Waals surface area contributed by atoms with Crippen molar-refractivity contribution in [2.24, 2.45) is 10.7 Å². The van der Waals surface area contributed by atoms with Crippen LogP contribution in [0.3, 0.4) is 0 Å². The van der Waals surface area contributed by atoms with Crippen LogP contribution in [0.15, 0.2) is 4.99 Å². The quantitative estimate of drug-likeness (QED) is 0.190. The van der Waals surface area contributed by atoms with E-state index < -0.39 is 0 Å². The fourth-order valence-electron chi connectivity index (χ4n) is 1.69. The Kier molecular flexibility index (Phi) is 15.6. The van der Waals surface area contributed by atoms with Crippen molar-refractivity contribution in [2.45, 2.75) is 51.4 Å². The van der Waals surface area contributed by atoms with Crippen molar-refractivity contribution in [3.63, 3.8) is 0 Å². The first-order chi connectivity index (χ1) is 8.91. The van der Waals surface area contributed by atoms with E-state index >= 15 is 0 Å². The van der Waals surface area contributed by atoms with Crippen molar-refractivity contribution < 1.29 is 4.79 Å². The summed E-state index contributed by atoms with van der Waals surface area (Å²) in [5.41, 5.74) is 11.9. The molecule has 5 heteroatoms. The van der Waals surface area contributed by atoms with E-state index in [-0.39, 0.29) is 0 Å². The first kappa shape index (κ1) is 17.3. The number of hydrogen-bond acceptors (Lipinski definition) is 5. The molecule has 0 aliphatic rings. The zero-order valence-electron chi connectivity index (χ0n) is 11.4. The number of unbranched alkanes of at least 4 members (excludes halogenated alkanes) is 6. The molecule has 18 heavy (non-hydrogen) atoms. The minimum atomic E-state index is 0.623. The van der Waals surface area contributed by atoms with Gasteiger partial charge in [0.15, 0.2) is 0 Å². The van der Waals surface area contributed by atoms with E-state index in [4.69, 9.17) is 5.73 Å². The summed E-state index contributed by atoms with van der Waals surface area (Å²) in [7, 11) is 0. The number of isocyanates is 1. The van der Waals surface area contributed by atoms with Crippen LogP contribution in [0, 0.1) is 0 Å². The molecule has 0 aromatic rings. The van der Waals surface area contributed by atoms with Gasteiger partial charge in [-0.2, -0.15) is 0 Å². The Morgan fingerprint density at radius 3 is 1.94 bits per heavy atom. The topological polar surface area (TPSA) is 79.5 Å². The molecule has 0 heterocycles. The Labute approximate surface area is 111 Å². The summed E-state index contributed by atoms with van der Waals surface area (Å²) in [6.07, 6.45) is 10.9. The molecular formula is C13H28N4O.